The molecule has 0 aliphatic heterocycles. The molecule has 20 heavy (non-hydrogen) atoms. The molecule has 0 aliphatic rings. The number of nitrogens with one attached hydrogen (secondary N) is 2. The summed E-state index contributed by atoms with van der Waals surface area (Å²) < 4.78 is 0. The number of primary amides is 1. The monoisotopic (exact) mass is 279 g/mol. The zero-order chi connectivity index (χ0) is 15.0. The fourth-order valence-corrected chi connectivity index (χ4v) is 1.53. The van der Waals surface area contributed by atoms with Gasteiger partial charge in [-0.2, -0.15) is 0 Å². The number of carbonyl (C=O) groups excluding carboxylic acids is 2. The summed E-state index contributed by atoms with van der Waals surface area (Å²) in [6.45, 7) is 0.287. The summed E-state index contributed by atoms with van der Waals surface area (Å²) in [5.74, 6) is -1.82. The molecule has 1 aromatic carbocycles. The molecule has 0 bridgehead atoms. The van der Waals surface area contributed by atoms with E-state index < -0.39 is 23.9 Å². The number of hydrogen-bond acceptors (Lipinski definition) is 3. The fraction of sp³-hybridized carbons (Fsp3) is 0.308. The Kier molecular flexibility index (Phi) is 6.02. The van der Waals surface area contributed by atoms with Crippen molar-refractivity contribution in [2.45, 2.75) is 25.4 Å². The number of carbonyl (C=O) groups is 3. The van der Waals surface area contributed by atoms with Crippen LogP contribution < -0.4 is 16.4 Å². The van der Waals surface area contributed by atoms with E-state index >= 15 is 0 Å². The van der Waals surface area contributed by atoms with E-state index in [1.165, 1.54) is 0 Å². The second kappa shape index (κ2) is 7.78. The van der Waals surface area contributed by atoms with Crippen molar-refractivity contribution in [2.24, 2.45) is 5.73 Å². The molecule has 5 N–H and O–H groups in total. The number of hydrogen-bond donors (Lipinski definition) is 4. The van der Waals surface area contributed by atoms with E-state index in [4.69, 9.17) is 10.8 Å². The molecule has 0 radical (unpaired) electrons. The summed E-state index contributed by atoms with van der Waals surface area (Å²) in [7, 11) is 0. The van der Waals surface area contributed by atoms with E-state index in [0.717, 1.165) is 5.56 Å². The van der Waals surface area contributed by atoms with Crippen LogP contribution in [0.3, 0.4) is 0 Å². The molecule has 0 heterocycles. The van der Waals surface area contributed by atoms with Crippen LogP contribution in [0.5, 0.6) is 0 Å². The van der Waals surface area contributed by atoms with Gasteiger partial charge in [-0.3, -0.25) is 4.79 Å². The zero-order valence-electron chi connectivity index (χ0n) is 10.8. The predicted octanol–water partition coefficient (Wildman–Crippen LogP) is 0.204. The molecule has 0 aliphatic carbocycles. The minimum Gasteiger partial charge on any atom is -0.480 e. The highest BCUT2D eigenvalue weighted by atomic mass is 16.4. The molecule has 0 saturated carbocycles. The standard InChI is InChI=1S/C13H17N3O4/c14-11(17)7-6-10(12(18)19)16-13(20)15-8-9-4-2-1-3-5-9/h1-5,10H,6-8H2,(H2,14,17)(H,18,19)(H2,15,16,20)/t10-/m1/s1. The Bertz CT molecular complexity index is 476. The Labute approximate surface area is 116 Å². The molecule has 1 atom stereocenters. The van der Waals surface area contributed by atoms with Crippen molar-refractivity contribution in [3.8, 4) is 0 Å². The summed E-state index contributed by atoms with van der Waals surface area (Å²) >= 11 is 0. The van der Waals surface area contributed by atoms with Crippen LogP contribution >= 0.6 is 0 Å². The third kappa shape index (κ3) is 5.85. The normalized spacial score (nSPS) is 11.4. The van der Waals surface area contributed by atoms with Gasteiger partial charge in [0.15, 0.2) is 0 Å². The molecular weight excluding hydrogens is 262 g/mol. The van der Waals surface area contributed by atoms with Crippen LogP contribution in [0.15, 0.2) is 30.3 Å². The smallest absolute Gasteiger partial charge is 0.326 e. The third-order valence-corrected chi connectivity index (χ3v) is 2.58. The fourth-order valence-electron chi connectivity index (χ4n) is 1.53. The second-order valence-electron chi connectivity index (χ2n) is 4.21. The summed E-state index contributed by atoms with van der Waals surface area (Å²) in [6.07, 6.45) is -0.140. The molecule has 0 fully saturated rings. The van der Waals surface area contributed by atoms with E-state index in [9.17, 15) is 14.4 Å². The van der Waals surface area contributed by atoms with Gasteiger partial charge in [0.2, 0.25) is 5.91 Å². The van der Waals surface area contributed by atoms with Crippen LogP contribution in [0, 0.1) is 0 Å². The molecule has 7 heteroatoms. The molecule has 0 spiro atoms. The summed E-state index contributed by atoms with van der Waals surface area (Å²) in [6, 6.07) is 7.45. The maximum Gasteiger partial charge on any atom is 0.326 e. The number of carboxylic acid groups (broad SMARTS) is 1. The Morgan fingerprint density at radius 2 is 1.85 bits per heavy atom. The van der Waals surface area contributed by atoms with Crippen LogP contribution in [-0.4, -0.2) is 29.1 Å². The number of rotatable bonds is 7. The summed E-state index contributed by atoms with van der Waals surface area (Å²) in [4.78, 5) is 33.1. The van der Waals surface area contributed by atoms with Gasteiger partial charge >= 0.3 is 12.0 Å². The van der Waals surface area contributed by atoms with Gasteiger partial charge in [0, 0.05) is 13.0 Å². The molecule has 0 saturated heterocycles. The Hall–Kier alpha value is -2.57. The van der Waals surface area contributed by atoms with E-state index in [-0.39, 0.29) is 19.4 Å². The highest BCUT2D eigenvalue weighted by molar-refractivity contribution is 5.83. The van der Waals surface area contributed by atoms with Gasteiger partial charge in [0.05, 0.1) is 0 Å². The first-order valence-corrected chi connectivity index (χ1v) is 6.08. The van der Waals surface area contributed by atoms with Crippen LogP contribution in [0.25, 0.3) is 0 Å². The zero-order valence-corrected chi connectivity index (χ0v) is 10.8. The molecular formula is C13H17N3O4. The van der Waals surface area contributed by atoms with Crippen molar-refractivity contribution in [1.82, 2.24) is 10.6 Å². The first kappa shape index (κ1) is 15.5. The Morgan fingerprint density at radius 1 is 1.20 bits per heavy atom. The van der Waals surface area contributed by atoms with Crippen molar-refractivity contribution in [2.75, 3.05) is 0 Å². The van der Waals surface area contributed by atoms with Gasteiger partial charge in [-0.25, -0.2) is 9.59 Å². The molecule has 1 aromatic rings. The minimum atomic E-state index is -1.21. The lowest BCUT2D eigenvalue weighted by atomic mass is 10.1. The molecule has 0 aromatic heterocycles. The highest BCUT2D eigenvalue weighted by Crippen LogP contribution is 1.99. The number of carboxylic acids is 1. The van der Waals surface area contributed by atoms with E-state index in [0.29, 0.717) is 0 Å². The second-order valence-corrected chi connectivity index (χ2v) is 4.21. The first-order valence-electron chi connectivity index (χ1n) is 6.08. The van der Waals surface area contributed by atoms with Gasteiger partial charge in [-0.15, -0.1) is 0 Å². The maximum atomic E-state index is 11.6. The predicted molar refractivity (Wildman–Crippen MR) is 71.7 cm³/mol. The SMILES string of the molecule is NC(=O)CC[C@@H](NC(=O)NCc1ccccc1)C(=O)O. The maximum absolute atomic E-state index is 11.6. The summed E-state index contributed by atoms with van der Waals surface area (Å²) in [5.41, 5.74) is 5.84. The number of amides is 3. The number of aliphatic carboxylic acids is 1. The van der Waals surface area contributed by atoms with Crippen molar-refractivity contribution in [3.05, 3.63) is 35.9 Å². The summed E-state index contributed by atoms with van der Waals surface area (Å²) in [5, 5.41) is 13.8. The van der Waals surface area contributed by atoms with E-state index in [2.05, 4.69) is 10.6 Å². The lowest BCUT2D eigenvalue weighted by Crippen LogP contribution is -2.46. The lowest BCUT2D eigenvalue weighted by Gasteiger charge is -2.14. The van der Waals surface area contributed by atoms with Gasteiger partial charge in [0.25, 0.3) is 0 Å². The van der Waals surface area contributed by atoms with Gasteiger partial charge in [0.1, 0.15) is 6.04 Å². The molecule has 0 unspecified atom stereocenters. The van der Waals surface area contributed by atoms with Gasteiger partial charge in [-0.05, 0) is 12.0 Å². The first-order chi connectivity index (χ1) is 9.49. The quantitative estimate of drug-likeness (QED) is 0.569. The van der Waals surface area contributed by atoms with Crippen LogP contribution in [-0.2, 0) is 16.1 Å². The lowest BCUT2D eigenvalue weighted by molar-refractivity contribution is -0.139. The van der Waals surface area contributed by atoms with Crippen molar-refractivity contribution < 1.29 is 19.5 Å². The third-order valence-electron chi connectivity index (χ3n) is 2.58. The van der Waals surface area contributed by atoms with Crippen LogP contribution in [0.4, 0.5) is 4.79 Å². The Morgan fingerprint density at radius 3 is 2.40 bits per heavy atom. The van der Waals surface area contributed by atoms with Crippen molar-refractivity contribution in [3.63, 3.8) is 0 Å². The average molecular weight is 279 g/mol. The van der Waals surface area contributed by atoms with Gasteiger partial charge < -0.3 is 21.5 Å². The number of urea groups is 1. The minimum absolute atomic E-state index is 0.0383. The largest absolute Gasteiger partial charge is 0.480 e. The van der Waals surface area contributed by atoms with Crippen LogP contribution in [0.2, 0.25) is 0 Å². The van der Waals surface area contributed by atoms with Crippen molar-refractivity contribution in [1.29, 1.82) is 0 Å². The highest BCUT2D eigenvalue weighted by Gasteiger charge is 2.20. The molecule has 3 amide bonds. The Balaban J connectivity index is 2.41. The average Bonchev–Trinajstić information content (AvgIpc) is 2.41. The van der Waals surface area contributed by atoms with Crippen molar-refractivity contribution >= 4 is 17.9 Å². The van der Waals surface area contributed by atoms with Gasteiger partial charge in [-0.1, -0.05) is 30.3 Å². The molecule has 1 rings (SSSR count). The van der Waals surface area contributed by atoms with E-state index in [1.807, 2.05) is 30.3 Å². The van der Waals surface area contributed by atoms with Crippen LogP contribution in [0.1, 0.15) is 18.4 Å². The number of nitrogens with two attached hydrogens (primary N) is 1. The topological polar surface area (TPSA) is 122 Å². The number of benzene rings is 1. The molecule has 7 nitrogen and oxygen atoms in total. The van der Waals surface area contributed by atoms with E-state index in [1.54, 1.807) is 0 Å². The molecule has 108 valence electrons.